The molecule has 0 radical (unpaired) electrons. The summed E-state index contributed by atoms with van der Waals surface area (Å²) < 4.78 is 0. The summed E-state index contributed by atoms with van der Waals surface area (Å²) in [4.78, 5) is 0. The molecule has 1 aromatic rings. The van der Waals surface area contributed by atoms with Crippen molar-refractivity contribution < 1.29 is 5.11 Å². The average molecular weight is 235 g/mol. The lowest BCUT2D eigenvalue weighted by Gasteiger charge is -2.24. The van der Waals surface area contributed by atoms with Gasteiger partial charge in [0, 0.05) is 17.0 Å². The van der Waals surface area contributed by atoms with E-state index in [1.54, 1.807) is 0 Å². The first-order valence-corrected chi connectivity index (χ1v) is 6.76. The number of hydrogen-bond donors (Lipinski definition) is 2. The Balaban J connectivity index is 2.28. The summed E-state index contributed by atoms with van der Waals surface area (Å²) >= 11 is 1.86. The monoisotopic (exact) mass is 235 g/mol. The van der Waals surface area contributed by atoms with Gasteiger partial charge >= 0.3 is 0 Å². The standard InChI is InChI=1S/C13H17NOS/c1-9(16-2)7-10-8-14-13(15)12-6-4-3-5-11(10)12/h3-6,8-9,13-15H,7H2,1-2H3. The lowest BCUT2D eigenvalue weighted by molar-refractivity contribution is 0.154. The Hall–Kier alpha value is -0.930. The highest BCUT2D eigenvalue weighted by atomic mass is 32.2. The number of nitrogens with one attached hydrogen (secondary N) is 1. The van der Waals surface area contributed by atoms with Crippen molar-refractivity contribution in [1.82, 2.24) is 5.32 Å². The number of allylic oxidation sites excluding steroid dienone is 1. The highest BCUT2D eigenvalue weighted by molar-refractivity contribution is 7.99. The quantitative estimate of drug-likeness (QED) is 0.845. The minimum absolute atomic E-state index is 0.565. The Labute approximate surface area is 101 Å². The van der Waals surface area contributed by atoms with Crippen molar-refractivity contribution >= 4 is 17.3 Å². The van der Waals surface area contributed by atoms with Crippen LogP contribution in [0.4, 0.5) is 0 Å². The molecule has 0 spiro atoms. The normalized spacial score (nSPS) is 20.7. The van der Waals surface area contributed by atoms with Crippen molar-refractivity contribution in [2.45, 2.75) is 24.8 Å². The third-order valence-corrected chi connectivity index (χ3v) is 3.90. The third kappa shape index (κ3) is 2.25. The van der Waals surface area contributed by atoms with Gasteiger partial charge in [-0.25, -0.2) is 0 Å². The lowest BCUT2D eigenvalue weighted by Crippen LogP contribution is -2.21. The molecule has 1 aromatic carbocycles. The molecule has 2 atom stereocenters. The number of hydrogen-bond acceptors (Lipinski definition) is 3. The summed E-state index contributed by atoms with van der Waals surface area (Å²) in [5, 5.41) is 13.4. The van der Waals surface area contributed by atoms with Crippen LogP contribution in [0.15, 0.2) is 30.5 Å². The zero-order valence-electron chi connectivity index (χ0n) is 9.60. The van der Waals surface area contributed by atoms with Crippen LogP contribution in [0.25, 0.3) is 5.57 Å². The Kier molecular flexibility index (Phi) is 3.56. The summed E-state index contributed by atoms with van der Waals surface area (Å²) in [6.45, 7) is 2.22. The van der Waals surface area contributed by atoms with Crippen molar-refractivity contribution in [2.24, 2.45) is 0 Å². The van der Waals surface area contributed by atoms with Gasteiger partial charge in [-0.1, -0.05) is 31.2 Å². The minimum Gasteiger partial charge on any atom is -0.369 e. The van der Waals surface area contributed by atoms with Crippen molar-refractivity contribution in [3.05, 3.63) is 41.6 Å². The number of fused-ring (bicyclic) bond motifs is 1. The van der Waals surface area contributed by atoms with Crippen molar-refractivity contribution in [3.8, 4) is 0 Å². The number of rotatable bonds is 3. The molecule has 2 nitrogen and oxygen atoms in total. The predicted molar refractivity (Wildman–Crippen MR) is 70.1 cm³/mol. The smallest absolute Gasteiger partial charge is 0.150 e. The van der Waals surface area contributed by atoms with Crippen LogP contribution in [0.5, 0.6) is 0 Å². The molecule has 16 heavy (non-hydrogen) atoms. The van der Waals surface area contributed by atoms with E-state index in [9.17, 15) is 5.11 Å². The Morgan fingerprint density at radius 1 is 1.44 bits per heavy atom. The molecule has 3 heteroatoms. The molecule has 0 amide bonds. The lowest BCUT2D eigenvalue weighted by atomic mass is 9.94. The molecule has 0 aliphatic carbocycles. The Bertz CT molecular complexity index is 403. The number of aliphatic hydroxyl groups is 1. The van der Waals surface area contributed by atoms with Crippen LogP contribution in [-0.2, 0) is 0 Å². The van der Waals surface area contributed by atoms with Gasteiger partial charge in [0.15, 0.2) is 6.23 Å². The Morgan fingerprint density at radius 2 is 2.19 bits per heavy atom. The average Bonchev–Trinajstić information content (AvgIpc) is 2.33. The van der Waals surface area contributed by atoms with E-state index in [2.05, 4.69) is 24.6 Å². The van der Waals surface area contributed by atoms with Gasteiger partial charge in [-0.15, -0.1) is 0 Å². The second-order valence-corrected chi connectivity index (χ2v) is 5.35. The van der Waals surface area contributed by atoms with Gasteiger partial charge in [0.2, 0.25) is 0 Å². The first-order valence-electron chi connectivity index (χ1n) is 5.47. The van der Waals surface area contributed by atoms with Gasteiger partial charge in [-0.2, -0.15) is 11.8 Å². The first kappa shape index (κ1) is 11.6. The molecule has 0 saturated carbocycles. The zero-order valence-corrected chi connectivity index (χ0v) is 10.4. The summed E-state index contributed by atoms with van der Waals surface area (Å²) in [6.07, 6.45) is 4.53. The third-order valence-electron chi connectivity index (χ3n) is 2.93. The van der Waals surface area contributed by atoms with Crippen molar-refractivity contribution in [2.75, 3.05) is 6.26 Å². The fourth-order valence-corrected chi connectivity index (χ4v) is 2.28. The molecular formula is C13H17NOS. The van der Waals surface area contributed by atoms with E-state index in [0.717, 1.165) is 12.0 Å². The number of benzene rings is 1. The van der Waals surface area contributed by atoms with Gasteiger partial charge < -0.3 is 10.4 Å². The molecular weight excluding hydrogens is 218 g/mol. The van der Waals surface area contributed by atoms with Crippen LogP contribution >= 0.6 is 11.8 Å². The molecule has 0 aromatic heterocycles. The predicted octanol–water partition coefficient (Wildman–Crippen LogP) is 2.76. The van der Waals surface area contributed by atoms with E-state index in [4.69, 9.17) is 0 Å². The van der Waals surface area contributed by atoms with Crippen LogP contribution < -0.4 is 5.32 Å². The van der Waals surface area contributed by atoms with Crippen LogP contribution in [0.2, 0.25) is 0 Å². The van der Waals surface area contributed by atoms with Crippen LogP contribution in [0.3, 0.4) is 0 Å². The maximum atomic E-state index is 9.81. The number of thioether (sulfide) groups is 1. The van der Waals surface area contributed by atoms with E-state index in [1.807, 2.05) is 36.2 Å². The first-order chi connectivity index (χ1) is 7.72. The van der Waals surface area contributed by atoms with Crippen molar-refractivity contribution in [1.29, 1.82) is 0 Å². The van der Waals surface area contributed by atoms with Crippen LogP contribution in [0.1, 0.15) is 30.7 Å². The van der Waals surface area contributed by atoms with Crippen LogP contribution in [-0.4, -0.2) is 16.6 Å². The van der Waals surface area contributed by atoms with E-state index in [1.165, 1.54) is 11.1 Å². The Morgan fingerprint density at radius 3 is 2.94 bits per heavy atom. The topological polar surface area (TPSA) is 32.3 Å². The van der Waals surface area contributed by atoms with Gasteiger partial charge in [0.1, 0.15) is 0 Å². The summed E-state index contributed by atoms with van der Waals surface area (Å²) in [6, 6.07) is 8.04. The molecule has 0 saturated heterocycles. The van der Waals surface area contributed by atoms with E-state index >= 15 is 0 Å². The van der Waals surface area contributed by atoms with Gasteiger partial charge in [-0.3, -0.25) is 0 Å². The van der Waals surface area contributed by atoms with Gasteiger partial charge in [-0.05, 0) is 23.8 Å². The SMILES string of the molecule is CSC(C)CC1=CNC(O)c2ccccc21. The van der Waals surface area contributed by atoms with Gasteiger partial charge in [0.05, 0.1) is 0 Å². The summed E-state index contributed by atoms with van der Waals surface area (Å²) in [5.41, 5.74) is 3.44. The molecule has 1 heterocycles. The molecule has 2 unspecified atom stereocenters. The zero-order chi connectivity index (χ0) is 11.5. The molecule has 1 aliphatic rings. The number of aliphatic hydroxyl groups excluding tert-OH is 1. The van der Waals surface area contributed by atoms with E-state index in [-0.39, 0.29) is 0 Å². The van der Waals surface area contributed by atoms with E-state index < -0.39 is 6.23 Å². The van der Waals surface area contributed by atoms with Gasteiger partial charge in [0.25, 0.3) is 0 Å². The molecule has 2 rings (SSSR count). The second kappa shape index (κ2) is 4.93. The fourth-order valence-electron chi connectivity index (χ4n) is 1.94. The highest BCUT2D eigenvalue weighted by Gasteiger charge is 2.19. The van der Waals surface area contributed by atoms with E-state index in [0.29, 0.717) is 5.25 Å². The summed E-state index contributed by atoms with van der Waals surface area (Å²) in [5.74, 6) is 0. The largest absolute Gasteiger partial charge is 0.369 e. The maximum Gasteiger partial charge on any atom is 0.150 e. The maximum absolute atomic E-state index is 9.81. The van der Waals surface area contributed by atoms with Crippen molar-refractivity contribution in [3.63, 3.8) is 0 Å². The minimum atomic E-state index is -0.565. The fraction of sp³-hybridized carbons (Fsp3) is 0.385. The van der Waals surface area contributed by atoms with Crippen LogP contribution in [0, 0.1) is 0 Å². The second-order valence-electron chi connectivity index (χ2n) is 4.08. The molecule has 2 N–H and O–H groups in total. The highest BCUT2D eigenvalue weighted by Crippen LogP contribution is 2.31. The summed E-state index contributed by atoms with van der Waals surface area (Å²) in [7, 11) is 0. The molecule has 0 fully saturated rings. The molecule has 1 aliphatic heterocycles. The molecule has 0 bridgehead atoms. The molecule has 86 valence electrons.